The number of carbonyl (C=O) groups is 1. The standard InChI is InChI=1S/C21H31NO4/c1-16(25-20-14-12-19(23)13-15-20)21(24)26-22(17-8-4-2-5-9-17)18-10-6-3-7-11-18/h12-18,23H,2-11H2,1H3. The summed E-state index contributed by atoms with van der Waals surface area (Å²) in [4.78, 5) is 18.6. The van der Waals surface area contributed by atoms with E-state index >= 15 is 0 Å². The monoisotopic (exact) mass is 361 g/mol. The number of hydrogen-bond donors (Lipinski definition) is 1. The second-order valence-electron chi connectivity index (χ2n) is 7.61. The summed E-state index contributed by atoms with van der Waals surface area (Å²) in [5, 5.41) is 11.4. The van der Waals surface area contributed by atoms with Crippen molar-refractivity contribution in [1.29, 1.82) is 0 Å². The van der Waals surface area contributed by atoms with E-state index in [0.717, 1.165) is 25.7 Å². The zero-order valence-corrected chi connectivity index (χ0v) is 15.7. The van der Waals surface area contributed by atoms with Gasteiger partial charge in [0.2, 0.25) is 0 Å². The molecule has 2 aliphatic carbocycles. The molecule has 0 saturated heterocycles. The highest BCUT2D eigenvalue weighted by Gasteiger charge is 2.33. The molecule has 0 bridgehead atoms. The Bertz CT molecular complexity index is 544. The number of carbonyl (C=O) groups excluding carboxylic acids is 1. The van der Waals surface area contributed by atoms with Gasteiger partial charge in [-0.3, -0.25) is 0 Å². The van der Waals surface area contributed by atoms with Crippen molar-refractivity contribution >= 4 is 5.97 Å². The van der Waals surface area contributed by atoms with E-state index in [1.807, 2.05) is 5.06 Å². The van der Waals surface area contributed by atoms with Crippen LogP contribution in [0.15, 0.2) is 24.3 Å². The van der Waals surface area contributed by atoms with Crippen molar-refractivity contribution in [3.05, 3.63) is 24.3 Å². The van der Waals surface area contributed by atoms with E-state index in [9.17, 15) is 9.90 Å². The van der Waals surface area contributed by atoms with E-state index in [-0.39, 0.29) is 11.7 Å². The Morgan fingerprint density at radius 2 is 1.46 bits per heavy atom. The van der Waals surface area contributed by atoms with Gasteiger partial charge in [-0.05, 0) is 56.9 Å². The van der Waals surface area contributed by atoms with Crippen LogP contribution in [0.3, 0.4) is 0 Å². The highest BCUT2D eigenvalue weighted by atomic mass is 16.7. The van der Waals surface area contributed by atoms with Crippen molar-refractivity contribution in [3.63, 3.8) is 0 Å². The number of nitrogens with zero attached hydrogens (tertiary/aromatic N) is 1. The molecule has 0 radical (unpaired) electrons. The first-order valence-corrected chi connectivity index (χ1v) is 10.1. The summed E-state index contributed by atoms with van der Waals surface area (Å²) in [7, 11) is 0. The fraction of sp³-hybridized carbons (Fsp3) is 0.667. The van der Waals surface area contributed by atoms with E-state index in [0.29, 0.717) is 17.8 Å². The third-order valence-corrected chi connectivity index (χ3v) is 5.55. The average Bonchev–Trinajstić information content (AvgIpc) is 2.69. The summed E-state index contributed by atoms with van der Waals surface area (Å²) >= 11 is 0. The van der Waals surface area contributed by atoms with Gasteiger partial charge in [0.1, 0.15) is 11.5 Å². The van der Waals surface area contributed by atoms with E-state index < -0.39 is 6.10 Å². The number of aromatic hydroxyl groups is 1. The molecule has 0 spiro atoms. The Kier molecular flexibility index (Phi) is 6.78. The minimum Gasteiger partial charge on any atom is -0.508 e. The molecule has 26 heavy (non-hydrogen) atoms. The quantitative estimate of drug-likeness (QED) is 0.751. The van der Waals surface area contributed by atoms with Gasteiger partial charge in [-0.2, -0.15) is 0 Å². The molecule has 5 nitrogen and oxygen atoms in total. The number of hydrogen-bond acceptors (Lipinski definition) is 5. The normalized spacial score (nSPS) is 20.7. The molecule has 2 fully saturated rings. The molecule has 1 aromatic carbocycles. The third kappa shape index (κ3) is 5.13. The minimum absolute atomic E-state index is 0.174. The second kappa shape index (κ2) is 9.26. The van der Waals surface area contributed by atoms with E-state index in [1.165, 1.54) is 38.5 Å². The van der Waals surface area contributed by atoms with Crippen LogP contribution in [0.2, 0.25) is 0 Å². The molecule has 2 aliphatic rings. The molecule has 0 aliphatic heterocycles. The number of benzene rings is 1. The van der Waals surface area contributed by atoms with Crippen molar-refractivity contribution in [1.82, 2.24) is 5.06 Å². The van der Waals surface area contributed by atoms with Gasteiger partial charge in [0, 0.05) is 12.1 Å². The molecule has 0 aromatic heterocycles. The molecule has 1 aromatic rings. The smallest absolute Gasteiger partial charge is 0.365 e. The summed E-state index contributed by atoms with van der Waals surface area (Å²) in [5.74, 6) is 0.386. The molecule has 144 valence electrons. The maximum absolute atomic E-state index is 12.7. The van der Waals surface area contributed by atoms with Crippen LogP contribution in [-0.4, -0.2) is 34.3 Å². The third-order valence-electron chi connectivity index (χ3n) is 5.55. The lowest BCUT2D eigenvalue weighted by Gasteiger charge is -2.39. The Morgan fingerprint density at radius 1 is 0.962 bits per heavy atom. The van der Waals surface area contributed by atoms with Crippen LogP contribution < -0.4 is 4.74 Å². The summed E-state index contributed by atoms with van der Waals surface area (Å²) in [6, 6.07) is 7.08. The average molecular weight is 361 g/mol. The molecule has 3 rings (SSSR count). The van der Waals surface area contributed by atoms with Gasteiger partial charge >= 0.3 is 5.97 Å². The lowest BCUT2D eigenvalue weighted by molar-refractivity contribution is -0.228. The van der Waals surface area contributed by atoms with E-state index in [4.69, 9.17) is 9.57 Å². The first kappa shape index (κ1) is 19.0. The van der Waals surface area contributed by atoms with Crippen molar-refractivity contribution in [3.8, 4) is 11.5 Å². The Balaban J connectivity index is 1.62. The maximum atomic E-state index is 12.7. The Morgan fingerprint density at radius 3 is 1.96 bits per heavy atom. The predicted octanol–water partition coefficient (Wildman–Crippen LogP) is 4.59. The lowest BCUT2D eigenvalue weighted by atomic mass is 9.90. The van der Waals surface area contributed by atoms with Gasteiger partial charge in [-0.15, -0.1) is 5.06 Å². The molecule has 2 saturated carbocycles. The number of hydroxylamine groups is 2. The van der Waals surface area contributed by atoms with Gasteiger partial charge in [0.15, 0.2) is 6.10 Å². The predicted molar refractivity (Wildman–Crippen MR) is 99.9 cm³/mol. The molecule has 0 heterocycles. The van der Waals surface area contributed by atoms with Gasteiger partial charge in [-0.25, -0.2) is 4.79 Å². The second-order valence-corrected chi connectivity index (χ2v) is 7.61. The molecule has 1 unspecified atom stereocenters. The highest BCUT2D eigenvalue weighted by Crippen LogP contribution is 2.30. The van der Waals surface area contributed by atoms with Crippen LogP contribution in [0, 0.1) is 0 Å². The number of ether oxygens (including phenoxy) is 1. The van der Waals surface area contributed by atoms with Crippen LogP contribution in [0.25, 0.3) is 0 Å². The first-order valence-electron chi connectivity index (χ1n) is 10.1. The largest absolute Gasteiger partial charge is 0.508 e. The number of phenols is 1. The Hall–Kier alpha value is -1.75. The molecule has 0 amide bonds. The Labute approximate surface area is 156 Å². The van der Waals surface area contributed by atoms with Gasteiger partial charge in [-0.1, -0.05) is 38.5 Å². The van der Waals surface area contributed by atoms with Crippen LogP contribution in [0.1, 0.15) is 71.1 Å². The maximum Gasteiger partial charge on any atom is 0.365 e. The van der Waals surface area contributed by atoms with E-state index in [1.54, 1.807) is 31.2 Å². The fourth-order valence-corrected chi connectivity index (χ4v) is 4.07. The number of rotatable bonds is 6. The summed E-state index contributed by atoms with van der Waals surface area (Å²) in [6.07, 6.45) is 11.2. The molecule has 1 N–H and O–H groups in total. The lowest BCUT2D eigenvalue weighted by Crippen LogP contribution is -2.48. The van der Waals surface area contributed by atoms with Crippen LogP contribution in [0.5, 0.6) is 11.5 Å². The van der Waals surface area contributed by atoms with E-state index in [2.05, 4.69) is 0 Å². The topological polar surface area (TPSA) is 59.0 Å². The molecule has 1 atom stereocenters. The SMILES string of the molecule is CC(Oc1ccc(O)cc1)C(=O)ON(C1CCCCC1)C1CCCCC1. The van der Waals surface area contributed by atoms with Crippen molar-refractivity contribution in [2.45, 2.75) is 89.3 Å². The van der Waals surface area contributed by atoms with Gasteiger partial charge in [0.05, 0.1) is 0 Å². The minimum atomic E-state index is -0.686. The zero-order valence-electron chi connectivity index (χ0n) is 15.7. The molecule has 5 heteroatoms. The highest BCUT2D eigenvalue weighted by molar-refractivity contribution is 5.74. The summed E-state index contributed by atoms with van der Waals surface area (Å²) in [6.45, 7) is 1.72. The fourth-order valence-electron chi connectivity index (χ4n) is 4.07. The van der Waals surface area contributed by atoms with Crippen LogP contribution >= 0.6 is 0 Å². The van der Waals surface area contributed by atoms with Gasteiger partial charge in [0.25, 0.3) is 0 Å². The zero-order chi connectivity index (χ0) is 18.4. The molecular formula is C21H31NO4. The summed E-state index contributed by atoms with van der Waals surface area (Å²) in [5.41, 5.74) is 0. The van der Waals surface area contributed by atoms with Gasteiger partial charge < -0.3 is 14.7 Å². The summed E-state index contributed by atoms with van der Waals surface area (Å²) < 4.78 is 5.69. The first-order chi connectivity index (χ1) is 12.6. The van der Waals surface area contributed by atoms with Crippen LogP contribution in [0.4, 0.5) is 0 Å². The molecular weight excluding hydrogens is 330 g/mol. The van der Waals surface area contributed by atoms with Crippen molar-refractivity contribution in [2.75, 3.05) is 0 Å². The van der Waals surface area contributed by atoms with Crippen molar-refractivity contribution < 1.29 is 19.5 Å². The van der Waals surface area contributed by atoms with Crippen LogP contribution in [-0.2, 0) is 9.63 Å². The van der Waals surface area contributed by atoms with Crippen molar-refractivity contribution in [2.24, 2.45) is 0 Å². The number of phenolic OH excluding ortho intramolecular Hbond substituents is 1.